The molecule has 1 aromatic carbocycles. The highest BCUT2D eigenvalue weighted by atomic mass is 32.1. The fourth-order valence-corrected chi connectivity index (χ4v) is 4.81. The molecule has 0 radical (unpaired) electrons. The van der Waals surface area contributed by atoms with Gasteiger partial charge in [0, 0.05) is 35.7 Å². The lowest BCUT2D eigenvalue weighted by molar-refractivity contribution is -0.137. The molecule has 3 heterocycles. The van der Waals surface area contributed by atoms with Gasteiger partial charge in [0.2, 0.25) is 5.88 Å². The Bertz CT molecular complexity index is 1540. The van der Waals surface area contributed by atoms with Gasteiger partial charge in [-0.1, -0.05) is 6.42 Å². The molecule has 1 aliphatic rings. The second-order valence-electron chi connectivity index (χ2n) is 7.27. The number of fused-ring (bicyclic) bond motifs is 1. The molecule has 0 saturated heterocycles. The van der Waals surface area contributed by atoms with E-state index in [0.29, 0.717) is 38.2 Å². The summed E-state index contributed by atoms with van der Waals surface area (Å²) in [5.74, 6) is -0.727. The van der Waals surface area contributed by atoms with E-state index in [4.69, 9.17) is 21.7 Å². The van der Waals surface area contributed by atoms with Crippen LogP contribution >= 0.6 is 23.6 Å². The molecule has 0 atom stereocenters. The van der Waals surface area contributed by atoms with Crippen LogP contribution in [0, 0.1) is 25.9 Å². The summed E-state index contributed by atoms with van der Waals surface area (Å²) in [5.41, 5.74) is 2.39. The Hall–Kier alpha value is -3.48. The molecule has 0 bridgehead atoms. The van der Waals surface area contributed by atoms with Gasteiger partial charge in [0.1, 0.15) is 10.8 Å². The Labute approximate surface area is 191 Å². The summed E-state index contributed by atoms with van der Waals surface area (Å²) in [4.78, 5) is 15.5. The predicted octanol–water partition coefficient (Wildman–Crippen LogP) is 3.71. The van der Waals surface area contributed by atoms with Crippen LogP contribution < -0.4 is 10.6 Å². The normalized spacial score (nSPS) is 13.7. The first kappa shape index (κ1) is 21.7. The van der Waals surface area contributed by atoms with Crippen LogP contribution in [0.15, 0.2) is 33.7 Å². The number of hydrogen-bond acceptors (Lipinski definition) is 7. The number of thiazole rings is 1. The van der Waals surface area contributed by atoms with Gasteiger partial charge >= 0.3 is 5.97 Å². The average Bonchev–Trinajstić information content (AvgIpc) is 3.48. The lowest BCUT2D eigenvalue weighted by atomic mass is 10.1. The number of nitriles is 1. The van der Waals surface area contributed by atoms with E-state index < -0.39 is 5.97 Å². The van der Waals surface area contributed by atoms with Crippen molar-refractivity contribution < 1.29 is 19.4 Å². The molecule has 0 amide bonds. The molecule has 1 aliphatic heterocycles. The summed E-state index contributed by atoms with van der Waals surface area (Å²) in [5, 5.41) is 30.3. The molecular formula is C23H19N3O4S2. The van der Waals surface area contributed by atoms with E-state index in [0.717, 1.165) is 29.0 Å². The van der Waals surface area contributed by atoms with E-state index in [-0.39, 0.29) is 12.3 Å². The quantitative estimate of drug-likeness (QED) is 0.406. The fraction of sp³-hybridized carbons (Fsp3) is 0.217. The molecule has 7 nitrogen and oxygen atoms in total. The molecule has 0 spiro atoms. The molecule has 4 rings (SSSR count). The number of aromatic nitrogens is 1. The van der Waals surface area contributed by atoms with Crippen LogP contribution in [0.3, 0.4) is 0 Å². The summed E-state index contributed by atoms with van der Waals surface area (Å²) in [6, 6.07) is 9.29. The summed E-state index contributed by atoms with van der Waals surface area (Å²) in [6.07, 6.45) is 7.53. The second kappa shape index (κ2) is 9.34. The number of aliphatic carboxylic acids is 1. The van der Waals surface area contributed by atoms with Gasteiger partial charge in [0.15, 0.2) is 3.95 Å². The number of carboxylic acid groups (broad SMARTS) is 1. The van der Waals surface area contributed by atoms with Crippen LogP contribution in [0.5, 0.6) is 5.88 Å². The van der Waals surface area contributed by atoms with Crippen LogP contribution in [0.1, 0.15) is 36.1 Å². The number of rotatable bonds is 7. The van der Waals surface area contributed by atoms with Crippen molar-refractivity contribution >= 4 is 53.6 Å². The molecule has 2 aromatic heterocycles. The minimum Gasteiger partial charge on any atom is -0.493 e. The van der Waals surface area contributed by atoms with Crippen molar-refractivity contribution in [2.45, 2.75) is 32.2 Å². The predicted molar refractivity (Wildman–Crippen MR) is 124 cm³/mol. The number of furan rings is 1. The first-order chi connectivity index (χ1) is 15.5. The summed E-state index contributed by atoms with van der Waals surface area (Å²) < 4.78 is 8.20. The van der Waals surface area contributed by atoms with Crippen LogP contribution in [-0.4, -0.2) is 27.0 Å². The zero-order chi connectivity index (χ0) is 22.7. The van der Waals surface area contributed by atoms with Crippen LogP contribution in [-0.2, 0) is 11.3 Å². The van der Waals surface area contributed by atoms with Gasteiger partial charge in [-0.3, -0.25) is 14.4 Å². The van der Waals surface area contributed by atoms with Gasteiger partial charge in [-0.25, -0.2) is 0 Å². The van der Waals surface area contributed by atoms with Crippen LogP contribution in [0.25, 0.3) is 12.2 Å². The van der Waals surface area contributed by atoms with Crippen molar-refractivity contribution in [1.29, 1.82) is 5.26 Å². The highest BCUT2D eigenvalue weighted by Crippen LogP contribution is 2.27. The number of benzene rings is 1. The van der Waals surface area contributed by atoms with E-state index in [1.165, 1.54) is 11.3 Å². The number of hydrogen-bond donors (Lipinski definition) is 2. The molecule has 3 aromatic rings. The molecule has 0 saturated carbocycles. The van der Waals surface area contributed by atoms with Gasteiger partial charge in [-0.05, 0) is 55.4 Å². The zero-order valence-corrected chi connectivity index (χ0v) is 18.6. The van der Waals surface area contributed by atoms with Gasteiger partial charge < -0.3 is 14.6 Å². The summed E-state index contributed by atoms with van der Waals surface area (Å²) >= 11 is 6.67. The Morgan fingerprint density at radius 3 is 2.94 bits per heavy atom. The molecule has 2 N–H and O–H groups in total. The highest BCUT2D eigenvalue weighted by Gasteiger charge is 2.10. The van der Waals surface area contributed by atoms with Crippen molar-refractivity contribution in [3.8, 4) is 11.9 Å². The van der Waals surface area contributed by atoms with Crippen molar-refractivity contribution in [2.75, 3.05) is 0 Å². The molecule has 0 aliphatic carbocycles. The maximum absolute atomic E-state index is 10.6. The molecule has 32 heavy (non-hydrogen) atoms. The van der Waals surface area contributed by atoms with E-state index in [1.807, 2.05) is 12.1 Å². The van der Waals surface area contributed by atoms with Crippen molar-refractivity contribution in [1.82, 2.24) is 4.57 Å². The Morgan fingerprint density at radius 1 is 1.31 bits per heavy atom. The van der Waals surface area contributed by atoms with Crippen LogP contribution in [0.2, 0.25) is 0 Å². The van der Waals surface area contributed by atoms with Crippen molar-refractivity contribution in [3.05, 3.63) is 59.9 Å². The minimum atomic E-state index is -0.801. The summed E-state index contributed by atoms with van der Waals surface area (Å²) in [6.45, 7) is 0.529. The van der Waals surface area contributed by atoms with E-state index in [2.05, 4.69) is 11.1 Å². The second-order valence-corrected chi connectivity index (χ2v) is 8.95. The molecular weight excluding hydrogens is 446 g/mol. The zero-order valence-electron chi connectivity index (χ0n) is 16.9. The largest absolute Gasteiger partial charge is 0.493 e. The number of nitrogens with zero attached hydrogens (tertiary/aromatic N) is 3. The van der Waals surface area contributed by atoms with Crippen LogP contribution in [0.4, 0.5) is 5.69 Å². The van der Waals surface area contributed by atoms with Crippen molar-refractivity contribution in [2.24, 2.45) is 4.99 Å². The number of aromatic hydroxyl groups is 1. The Balaban J connectivity index is 1.65. The lowest BCUT2D eigenvalue weighted by Gasteiger charge is -2.04. The Morgan fingerprint density at radius 2 is 2.16 bits per heavy atom. The lowest BCUT2D eigenvalue weighted by Crippen LogP contribution is -2.02. The third-order valence-electron chi connectivity index (χ3n) is 5.07. The van der Waals surface area contributed by atoms with Gasteiger partial charge in [0.25, 0.3) is 0 Å². The molecule has 162 valence electrons. The molecule has 0 unspecified atom stereocenters. The third-order valence-corrected chi connectivity index (χ3v) is 6.46. The van der Waals surface area contributed by atoms with Gasteiger partial charge in [-0.15, -0.1) is 11.3 Å². The number of carboxylic acids is 1. The topological polar surface area (TPSA) is 112 Å². The first-order valence-corrected chi connectivity index (χ1v) is 11.2. The Kier molecular flexibility index (Phi) is 6.35. The average molecular weight is 466 g/mol. The van der Waals surface area contributed by atoms with E-state index in [1.54, 1.807) is 35.1 Å². The van der Waals surface area contributed by atoms with Gasteiger partial charge in [0.05, 0.1) is 22.2 Å². The third kappa shape index (κ3) is 4.56. The summed E-state index contributed by atoms with van der Waals surface area (Å²) in [7, 11) is 0. The number of carbonyl (C=O) groups is 1. The van der Waals surface area contributed by atoms with Gasteiger partial charge in [-0.2, -0.15) is 5.26 Å². The number of unbranched alkanes of at least 4 members (excludes halogenated alkanes) is 2. The van der Waals surface area contributed by atoms with Crippen molar-refractivity contribution in [3.63, 3.8) is 0 Å². The SMILES string of the molecule is N#Cc1cc2c(/c(=c3/cc/c(=C/c4sc(=S)n(CCCCCC(=O)O)c4O)o3)c1)=CC=N2. The fourth-order valence-electron chi connectivity index (χ4n) is 3.51. The van der Waals surface area contributed by atoms with E-state index in [9.17, 15) is 15.2 Å². The monoisotopic (exact) mass is 465 g/mol. The smallest absolute Gasteiger partial charge is 0.303 e. The molecule has 0 fully saturated rings. The molecule has 9 heteroatoms. The van der Waals surface area contributed by atoms with E-state index >= 15 is 0 Å². The maximum Gasteiger partial charge on any atom is 0.303 e. The highest BCUT2D eigenvalue weighted by molar-refractivity contribution is 7.73. The minimum absolute atomic E-state index is 0.0743. The maximum atomic E-state index is 10.6. The number of aliphatic imine (C=N–C) groups is 1. The first-order valence-electron chi connectivity index (χ1n) is 10.0. The standard InChI is InChI=1S/C23H19N3O4S2/c24-13-14-10-17(16-7-8-25-18(16)11-14)19-6-5-15(30-19)12-20-22(29)26(23(31)32-20)9-3-1-2-4-21(27)28/h5-8,10-12,29H,1-4,9H2,(H,27,28)/b15-12-,19-17-.